The fourth-order valence-electron chi connectivity index (χ4n) is 2.55. The summed E-state index contributed by atoms with van der Waals surface area (Å²) in [6.45, 7) is 1.68. The van der Waals surface area contributed by atoms with E-state index in [1.807, 2.05) is 0 Å². The molecule has 1 saturated heterocycles. The summed E-state index contributed by atoms with van der Waals surface area (Å²) in [5, 5.41) is 1.32. The van der Waals surface area contributed by atoms with E-state index in [9.17, 15) is 18.0 Å². The van der Waals surface area contributed by atoms with E-state index in [1.54, 1.807) is 31.2 Å². The Morgan fingerprint density at radius 1 is 1.30 bits per heavy atom. The molecule has 1 N–H and O–H groups in total. The fraction of sp³-hybridized carbons (Fsp3) is 0.231. The number of hydroxylamine groups is 2. The molecule has 2 aliphatic rings. The van der Waals surface area contributed by atoms with Crippen LogP contribution in [-0.4, -0.2) is 48.1 Å². The molecule has 122 valence electrons. The second kappa shape index (κ2) is 5.33. The van der Waals surface area contributed by atoms with Crippen molar-refractivity contribution in [1.29, 1.82) is 0 Å². The lowest BCUT2D eigenvalue weighted by atomic mass is 10.1. The summed E-state index contributed by atoms with van der Waals surface area (Å²) in [5.74, 6) is -0.707. The minimum Gasteiger partial charge on any atom is -0.461 e. The van der Waals surface area contributed by atoms with Crippen LogP contribution in [0.3, 0.4) is 0 Å². The molecule has 0 radical (unpaired) electrons. The Kier molecular flexibility index (Phi) is 3.59. The van der Waals surface area contributed by atoms with E-state index in [2.05, 4.69) is 4.28 Å². The van der Waals surface area contributed by atoms with Crippen molar-refractivity contribution in [3.63, 3.8) is 0 Å². The lowest BCUT2D eigenvalue weighted by molar-refractivity contribution is -0.137. The van der Waals surface area contributed by atoms with E-state index >= 15 is 0 Å². The van der Waals surface area contributed by atoms with Crippen LogP contribution in [0.15, 0.2) is 24.3 Å². The smallest absolute Gasteiger partial charge is 0.419 e. The maximum Gasteiger partial charge on any atom is 0.419 e. The first-order valence-corrected chi connectivity index (χ1v) is 7.98. The van der Waals surface area contributed by atoms with Crippen molar-refractivity contribution in [1.82, 2.24) is 9.96 Å². The number of hydrogen-bond donors (Lipinski definition) is 1. The summed E-state index contributed by atoms with van der Waals surface area (Å²) in [5.41, 5.74) is 0.203. The topological polar surface area (TPSA) is 113 Å². The van der Waals surface area contributed by atoms with Crippen molar-refractivity contribution in [2.24, 2.45) is 0 Å². The first-order chi connectivity index (χ1) is 10.8. The molecule has 9 nitrogen and oxygen atoms in total. The second-order valence-corrected chi connectivity index (χ2v) is 5.73. The summed E-state index contributed by atoms with van der Waals surface area (Å²) in [4.78, 5) is 25.6. The number of amides is 2. The van der Waals surface area contributed by atoms with Gasteiger partial charge in [0.25, 0.3) is 0 Å². The first kappa shape index (κ1) is 15.5. The number of nitrogens with zero attached hydrogens (tertiary/aromatic N) is 2. The van der Waals surface area contributed by atoms with Crippen LogP contribution in [0, 0.1) is 0 Å². The maximum absolute atomic E-state index is 12.4. The van der Waals surface area contributed by atoms with E-state index in [0.29, 0.717) is 15.5 Å². The van der Waals surface area contributed by atoms with Crippen molar-refractivity contribution in [2.75, 3.05) is 13.2 Å². The van der Waals surface area contributed by atoms with Crippen molar-refractivity contribution >= 4 is 33.8 Å². The zero-order valence-corrected chi connectivity index (χ0v) is 12.7. The molecule has 0 aromatic heterocycles. The molecule has 3 rings (SSSR count). The molecule has 23 heavy (non-hydrogen) atoms. The highest BCUT2D eigenvalue weighted by Gasteiger charge is 2.44. The van der Waals surface area contributed by atoms with Gasteiger partial charge < -0.3 is 4.74 Å². The van der Waals surface area contributed by atoms with Gasteiger partial charge >= 0.3 is 22.4 Å². The van der Waals surface area contributed by atoms with Crippen LogP contribution in [0.1, 0.15) is 6.92 Å². The van der Waals surface area contributed by atoms with Gasteiger partial charge in [-0.05, 0) is 6.92 Å². The second-order valence-electron chi connectivity index (χ2n) is 4.73. The molecule has 2 amide bonds. The third-order valence-electron chi connectivity index (χ3n) is 3.36. The molecule has 0 atom stereocenters. The molecular weight excluding hydrogens is 328 g/mol. The number of ether oxygens (including phenoxy) is 1. The van der Waals surface area contributed by atoms with Crippen LogP contribution in [0.5, 0.6) is 0 Å². The van der Waals surface area contributed by atoms with Gasteiger partial charge in [0, 0.05) is 10.4 Å². The summed E-state index contributed by atoms with van der Waals surface area (Å²) in [6, 6.07) is 5.65. The number of benzene rings is 1. The molecular formula is C13H12N2O7S. The van der Waals surface area contributed by atoms with Crippen LogP contribution in [-0.2, 0) is 24.2 Å². The highest BCUT2D eigenvalue weighted by molar-refractivity contribution is 7.80. The number of esters is 1. The highest BCUT2D eigenvalue weighted by atomic mass is 32.3. The molecule has 0 aliphatic carbocycles. The minimum absolute atomic E-state index is 0.00219. The maximum atomic E-state index is 12.4. The number of urea groups is 1. The SMILES string of the molecule is CCOC(=O)C1=c2ccccc2=C2CN1C(=O)N2OS(=O)(=O)O. The quantitative estimate of drug-likeness (QED) is 0.550. The monoisotopic (exact) mass is 340 g/mol. The van der Waals surface area contributed by atoms with Gasteiger partial charge in [0.1, 0.15) is 5.70 Å². The van der Waals surface area contributed by atoms with Crippen LogP contribution in [0.4, 0.5) is 4.79 Å². The standard InChI is InChI=1S/C13H12N2O7S/c1-2-21-12(16)11-9-6-4-3-5-8(9)10-7-14(11)13(17)15(10)22-23(18,19)20/h3-6H,2,7H2,1H3,(H,18,19,20). The Morgan fingerprint density at radius 2 is 1.96 bits per heavy atom. The van der Waals surface area contributed by atoms with Crippen LogP contribution < -0.4 is 10.4 Å². The third-order valence-corrected chi connectivity index (χ3v) is 3.70. The summed E-state index contributed by atoms with van der Waals surface area (Å²) < 4.78 is 40.1. The Hall–Kier alpha value is -2.43. The molecule has 2 heterocycles. The van der Waals surface area contributed by atoms with Crippen LogP contribution >= 0.6 is 0 Å². The van der Waals surface area contributed by atoms with Crippen LogP contribution in [0.2, 0.25) is 0 Å². The first-order valence-electron chi connectivity index (χ1n) is 6.61. The van der Waals surface area contributed by atoms with E-state index in [4.69, 9.17) is 9.29 Å². The van der Waals surface area contributed by atoms with E-state index in [-0.39, 0.29) is 24.5 Å². The molecule has 1 aromatic rings. The molecule has 1 fully saturated rings. The number of carbonyl (C=O) groups is 2. The Labute approximate surface area is 130 Å². The summed E-state index contributed by atoms with van der Waals surface area (Å²) in [7, 11) is -4.90. The lowest BCUT2D eigenvalue weighted by Crippen LogP contribution is -2.42. The number of fused-ring (bicyclic) bond motifs is 3. The Morgan fingerprint density at radius 3 is 2.57 bits per heavy atom. The zero-order chi connectivity index (χ0) is 16.8. The van der Waals surface area contributed by atoms with Gasteiger partial charge in [-0.2, -0.15) is 13.5 Å². The molecule has 2 aliphatic heterocycles. The average molecular weight is 340 g/mol. The Balaban J connectivity index is 2.26. The summed E-state index contributed by atoms with van der Waals surface area (Å²) in [6.07, 6.45) is 0. The van der Waals surface area contributed by atoms with E-state index < -0.39 is 22.4 Å². The predicted molar refractivity (Wildman–Crippen MR) is 75.7 cm³/mol. The number of rotatable bonds is 4. The molecule has 0 spiro atoms. The zero-order valence-electron chi connectivity index (χ0n) is 11.9. The average Bonchev–Trinajstić information content (AvgIpc) is 2.73. The van der Waals surface area contributed by atoms with Gasteiger partial charge in [-0.25, -0.2) is 9.59 Å². The molecule has 0 unspecified atom stereocenters. The Bertz CT molecular complexity index is 922. The predicted octanol–water partition coefficient (Wildman–Crippen LogP) is -1.05. The van der Waals surface area contributed by atoms with Gasteiger partial charge in [-0.1, -0.05) is 24.3 Å². The molecule has 0 saturated carbocycles. The molecule has 10 heteroatoms. The van der Waals surface area contributed by atoms with Gasteiger partial charge in [-0.15, -0.1) is 4.28 Å². The van der Waals surface area contributed by atoms with Crippen molar-refractivity contribution in [3.8, 4) is 0 Å². The normalized spacial score (nSPS) is 16.7. The van der Waals surface area contributed by atoms with Crippen molar-refractivity contribution in [2.45, 2.75) is 6.92 Å². The van der Waals surface area contributed by atoms with Gasteiger partial charge in [0.15, 0.2) is 0 Å². The van der Waals surface area contributed by atoms with Crippen LogP contribution in [0.25, 0.3) is 11.4 Å². The van der Waals surface area contributed by atoms with Crippen molar-refractivity contribution < 1.29 is 31.6 Å². The van der Waals surface area contributed by atoms with E-state index in [0.717, 1.165) is 4.90 Å². The van der Waals surface area contributed by atoms with Gasteiger partial charge in [0.05, 0.1) is 18.8 Å². The number of hydrogen-bond acceptors (Lipinski definition) is 6. The van der Waals surface area contributed by atoms with E-state index in [1.165, 1.54) is 0 Å². The fourth-order valence-corrected chi connectivity index (χ4v) is 2.90. The minimum atomic E-state index is -4.90. The largest absolute Gasteiger partial charge is 0.461 e. The van der Waals surface area contributed by atoms with Crippen molar-refractivity contribution in [3.05, 3.63) is 34.7 Å². The van der Waals surface area contributed by atoms with Gasteiger partial charge in [-0.3, -0.25) is 9.45 Å². The number of carbonyl (C=O) groups excluding carboxylic acids is 2. The third kappa shape index (κ3) is 2.56. The molecule has 2 bridgehead atoms. The molecule has 1 aromatic carbocycles. The highest BCUT2D eigenvalue weighted by Crippen LogP contribution is 2.27. The lowest BCUT2D eigenvalue weighted by Gasteiger charge is -2.18. The van der Waals surface area contributed by atoms with Gasteiger partial charge in [0.2, 0.25) is 0 Å². The summed E-state index contributed by atoms with van der Waals surface area (Å²) >= 11 is 0.